The number of aromatic nitrogens is 1. The molecule has 1 heterocycles. The van der Waals surface area contributed by atoms with Crippen molar-refractivity contribution in [3.8, 4) is 0 Å². The zero-order valence-corrected chi connectivity index (χ0v) is 11.1. The molecule has 0 radical (unpaired) electrons. The van der Waals surface area contributed by atoms with E-state index in [2.05, 4.69) is 10.3 Å². The smallest absolute Gasteiger partial charge is 0.253 e. The molecular weight excluding hydrogens is 238 g/mol. The van der Waals surface area contributed by atoms with Crippen LogP contribution in [0.2, 0.25) is 0 Å². The number of pyridine rings is 1. The molecule has 0 aliphatic rings. The summed E-state index contributed by atoms with van der Waals surface area (Å²) in [6, 6.07) is 11.4. The Morgan fingerprint density at radius 2 is 2.00 bits per heavy atom. The lowest BCUT2D eigenvalue weighted by Gasteiger charge is -2.15. The van der Waals surface area contributed by atoms with E-state index in [0.29, 0.717) is 16.9 Å². The van der Waals surface area contributed by atoms with Crippen LogP contribution in [0.15, 0.2) is 42.6 Å². The van der Waals surface area contributed by atoms with E-state index in [1.165, 1.54) is 0 Å². The van der Waals surface area contributed by atoms with Crippen LogP contribution in [0.5, 0.6) is 0 Å². The Morgan fingerprint density at radius 3 is 2.68 bits per heavy atom. The van der Waals surface area contributed by atoms with Crippen molar-refractivity contribution in [2.45, 2.75) is 19.9 Å². The Kier molecular flexibility index (Phi) is 3.80. The number of benzene rings is 1. The maximum absolute atomic E-state index is 12.2. The molecule has 4 heteroatoms. The van der Waals surface area contributed by atoms with Gasteiger partial charge in [0.1, 0.15) is 0 Å². The van der Waals surface area contributed by atoms with Gasteiger partial charge >= 0.3 is 0 Å². The van der Waals surface area contributed by atoms with Crippen LogP contribution in [0.3, 0.4) is 0 Å². The molecule has 1 amide bonds. The zero-order chi connectivity index (χ0) is 13.8. The van der Waals surface area contributed by atoms with Gasteiger partial charge in [0.15, 0.2) is 0 Å². The van der Waals surface area contributed by atoms with E-state index in [0.717, 1.165) is 5.56 Å². The molecule has 1 aromatic heterocycles. The quantitative estimate of drug-likeness (QED) is 0.885. The molecule has 1 aromatic carbocycles. The molecule has 0 aliphatic heterocycles. The van der Waals surface area contributed by atoms with Crippen LogP contribution in [0.1, 0.15) is 34.6 Å². The SMILES string of the molecule is Cc1ncc(N)cc1C(=O)N[C@@H](C)c1ccccc1. The van der Waals surface area contributed by atoms with Crippen molar-refractivity contribution in [2.75, 3.05) is 5.73 Å². The fourth-order valence-electron chi connectivity index (χ4n) is 1.88. The maximum atomic E-state index is 12.2. The number of carbonyl (C=O) groups excluding carboxylic acids is 1. The highest BCUT2D eigenvalue weighted by atomic mass is 16.1. The molecule has 3 N–H and O–H groups in total. The number of aryl methyl sites for hydroxylation is 1. The van der Waals surface area contributed by atoms with Crippen LogP contribution in [-0.4, -0.2) is 10.9 Å². The lowest BCUT2D eigenvalue weighted by molar-refractivity contribution is 0.0939. The van der Waals surface area contributed by atoms with Gasteiger partial charge in [0.25, 0.3) is 5.91 Å². The van der Waals surface area contributed by atoms with Crippen molar-refractivity contribution in [3.63, 3.8) is 0 Å². The minimum absolute atomic E-state index is 0.0606. The molecule has 19 heavy (non-hydrogen) atoms. The summed E-state index contributed by atoms with van der Waals surface area (Å²) in [6.45, 7) is 3.74. The van der Waals surface area contributed by atoms with Crippen molar-refractivity contribution in [1.29, 1.82) is 0 Å². The monoisotopic (exact) mass is 255 g/mol. The van der Waals surface area contributed by atoms with Crippen molar-refractivity contribution >= 4 is 11.6 Å². The molecule has 0 saturated carbocycles. The standard InChI is InChI=1S/C15H17N3O/c1-10(12-6-4-3-5-7-12)18-15(19)14-8-13(16)9-17-11(14)2/h3-10H,16H2,1-2H3,(H,18,19)/t10-/m0/s1. The Balaban J connectivity index is 2.15. The number of rotatable bonds is 3. The second kappa shape index (κ2) is 5.52. The number of nitrogens with zero attached hydrogens (tertiary/aromatic N) is 1. The van der Waals surface area contributed by atoms with Gasteiger partial charge in [-0.15, -0.1) is 0 Å². The summed E-state index contributed by atoms with van der Waals surface area (Å²) < 4.78 is 0. The Bertz CT molecular complexity index is 581. The number of amides is 1. The number of nitrogen functional groups attached to an aromatic ring is 1. The van der Waals surface area contributed by atoms with Gasteiger partial charge in [-0.1, -0.05) is 30.3 Å². The fraction of sp³-hybridized carbons (Fsp3) is 0.200. The van der Waals surface area contributed by atoms with Gasteiger partial charge in [-0.3, -0.25) is 9.78 Å². The topological polar surface area (TPSA) is 68.0 Å². The molecule has 0 fully saturated rings. The van der Waals surface area contributed by atoms with Crippen molar-refractivity contribution in [1.82, 2.24) is 10.3 Å². The van der Waals surface area contributed by atoms with Crippen LogP contribution in [0.25, 0.3) is 0 Å². The van der Waals surface area contributed by atoms with E-state index < -0.39 is 0 Å². The van der Waals surface area contributed by atoms with Crippen LogP contribution in [0, 0.1) is 6.92 Å². The van der Waals surface area contributed by atoms with Crippen molar-refractivity contribution in [3.05, 3.63) is 59.4 Å². The van der Waals surface area contributed by atoms with E-state index in [4.69, 9.17) is 5.73 Å². The van der Waals surface area contributed by atoms with Crippen LogP contribution >= 0.6 is 0 Å². The Morgan fingerprint density at radius 1 is 1.32 bits per heavy atom. The Hall–Kier alpha value is -2.36. The summed E-state index contributed by atoms with van der Waals surface area (Å²) in [6.07, 6.45) is 1.55. The Labute approximate surface area is 112 Å². The fourth-order valence-corrected chi connectivity index (χ4v) is 1.88. The van der Waals surface area contributed by atoms with E-state index in [1.54, 1.807) is 19.2 Å². The van der Waals surface area contributed by atoms with E-state index >= 15 is 0 Å². The lowest BCUT2D eigenvalue weighted by Crippen LogP contribution is -2.27. The van der Waals surface area contributed by atoms with Crippen LogP contribution < -0.4 is 11.1 Å². The molecule has 1 atom stereocenters. The first-order chi connectivity index (χ1) is 9.08. The molecule has 2 rings (SSSR count). The number of hydrogen-bond donors (Lipinski definition) is 2. The van der Waals surface area contributed by atoms with Crippen LogP contribution in [0.4, 0.5) is 5.69 Å². The van der Waals surface area contributed by atoms with E-state index in [9.17, 15) is 4.79 Å². The lowest BCUT2D eigenvalue weighted by atomic mass is 10.1. The van der Waals surface area contributed by atoms with Crippen molar-refractivity contribution < 1.29 is 4.79 Å². The molecule has 0 unspecified atom stereocenters. The summed E-state index contributed by atoms with van der Waals surface area (Å²) >= 11 is 0. The molecule has 98 valence electrons. The average molecular weight is 255 g/mol. The van der Waals surface area contributed by atoms with Crippen molar-refractivity contribution in [2.24, 2.45) is 0 Å². The highest BCUT2D eigenvalue weighted by Gasteiger charge is 2.14. The highest BCUT2D eigenvalue weighted by molar-refractivity contribution is 5.96. The summed E-state index contributed by atoms with van der Waals surface area (Å²) in [4.78, 5) is 16.3. The number of carbonyl (C=O) groups is 1. The van der Waals surface area contributed by atoms with E-state index in [1.807, 2.05) is 37.3 Å². The third-order valence-electron chi connectivity index (χ3n) is 3.00. The maximum Gasteiger partial charge on any atom is 0.253 e. The average Bonchev–Trinajstić information content (AvgIpc) is 2.42. The molecular formula is C15H17N3O. The molecule has 0 saturated heterocycles. The first kappa shape index (κ1) is 13.1. The largest absolute Gasteiger partial charge is 0.397 e. The number of anilines is 1. The normalized spacial score (nSPS) is 11.9. The third kappa shape index (κ3) is 3.10. The molecule has 0 bridgehead atoms. The number of hydrogen-bond acceptors (Lipinski definition) is 3. The van der Waals surface area contributed by atoms with Gasteiger partial charge in [-0.2, -0.15) is 0 Å². The minimum atomic E-state index is -0.159. The van der Waals surface area contributed by atoms with Gasteiger partial charge in [-0.25, -0.2) is 0 Å². The summed E-state index contributed by atoms with van der Waals surface area (Å²) in [7, 11) is 0. The molecule has 2 aromatic rings. The number of nitrogens with two attached hydrogens (primary N) is 1. The first-order valence-corrected chi connectivity index (χ1v) is 6.16. The van der Waals surface area contributed by atoms with Gasteiger partial charge in [-0.05, 0) is 25.5 Å². The summed E-state index contributed by atoms with van der Waals surface area (Å²) in [5, 5.41) is 2.95. The predicted molar refractivity (Wildman–Crippen MR) is 75.7 cm³/mol. The number of nitrogens with one attached hydrogen (secondary N) is 1. The van der Waals surface area contributed by atoms with Gasteiger partial charge in [0.05, 0.1) is 29.2 Å². The second-order valence-corrected chi connectivity index (χ2v) is 4.51. The minimum Gasteiger partial charge on any atom is -0.397 e. The summed E-state index contributed by atoms with van der Waals surface area (Å²) in [5.74, 6) is -0.159. The first-order valence-electron chi connectivity index (χ1n) is 6.16. The zero-order valence-electron chi connectivity index (χ0n) is 11.1. The highest BCUT2D eigenvalue weighted by Crippen LogP contribution is 2.14. The van der Waals surface area contributed by atoms with E-state index in [-0.39, 0.29) is 11.9 Å². The molecule has 0 spiro atoms. The van der Waals surface area contributed by atoms with Gasteiger partial charge < -0.3 is 11.1 Å². The van der Waals surface area contributed by atoms with Gasteiger partial charge in [0, 0.05) is 0 Å². The third-order valence-corrected chi connectivity index (χ3v) is 3.00. The van der Waals surface area contributed by atoms with Crippen LogP contribution in [-0.2, 0) is 0 Å². The predicted octanol–water partition coefficient (Wildman–Crippen LogP) is 2.46. The molecule has 4 nitrogen and oxygen atoms in total. The summed E-state index contributed by atoms with van der Waals surface area (Å²) in [5.41, 5.74) is 8.40. The second-order valence-electron chi connectivity index (χ2n) is 4.51. The molecule has 0 aliphatic carbocycles. The van der Waals surface area contributed by atoms with Gasteiger partial charge in [0.2, 0.25) is 0 Å².